The predicted octanol–water partition coefficient (Wildman–Crippen LogP) is 4.11. The van der Waals surface area contributed by atoms with Crippen molar-refractivity contribution in [3.05, 3.63) is 57.6 Å². The van der Waals surface area contributed by atoms with Crippen LogP contribution in [-0.4, -0.2) is 5.91 Å². The quantitative estimate of drug-likeness (QED) is 0.866. The lowest BCUT2D eigenvalue weighted by Crippen LogP contribution is -2.13. The molecule has 0 aliphatic rings. The molecule has 0 atom stereocenters. The SMILES string of the molecule is N#Cc1ccc(-c2ccc(Br)cc2C(N)=O)cc1C(F)(F)F. The highest BCUT2D eigenvalue weighted by atomic mass is 79.9. The zero-order chi connectivity index (χ0) is 16.5. The summed E-state index contributed by atoms with van der Waals surface area (Å²) in [5.74, 6) is -0.755. The summed E-state index contributed by atoms with van der Waals surface area (Å²) in [6.07, 6.45) is -4.66. The summed E-state index contributed by atoms with van der Waals surface area (Å²) in [5, 5.41) is 8.79. The number of nitriles is 1. The van der Waals surface area contributed by atoms with Gasteiger partial charge in [0.15, 0.2) is 0 Å². The van der Waals surface area contributed by atoms with Gasteiger partial charge in [0.1, 0.15) is 0 Å². The highest BCUT2D eigenvalue weighted by molar-refractivity contribution is 9.10. The highest BCUT2D eigenvalue weighted by Crippen LogP contribution is 2.36. The molecule has 112 valence electrons. The molecule has 0 aromatic heterocycles. The molecule has 2 aromatic carbocycles. The number of carbonyl (C=O) groups is 1. The Morgan fingerprint density at radius 3 is 2.41 bits per heavy atom. The average Bonchev–Trinajstić information content (AvgIpc) is 2.45. The van der Waals surface area contributed by atoms with Gasteiger partial charge >= 0.3 is 6.18 Å². The topological polar surface area (TPSA) is 66.9 Å². The normalized spacial score (nSPS) is 11.0. The molecule has 2 aromatic rings. The van der Waals surface area contributed by atoms with Crippen molar-refractivity contribution >= 4 is 21.8 Å². The number of benzene rings is 2. The standard InChI is InChI=1S/C15H8BrF3N2O/c16-10-3-4-11(12(6-10)14(21)22)8-1-2-9(7-20)13(5-8)15(17,18)19/h1-6H,(H2,21,22). The minimum absolute atomic E-state index is 0.0900. The number of alkyl halides is 3. The van der Waals surface area contributed by atoms with Crippen molar-refractivity contribution in [3.63, 3.8) is 0 Å². The van der Waals surface area contributed by atoms with Gasteiger partial charge in [-0.2, -0.15) is 18.4 Å². The number of halogens is 4. The molecule has 0 saturated heterocycles. The number of amides is 1. The summed E-state index contributed by atoms with van der Waals surface area (Å²) in [6.45, 7) is 0. The van der Waals surface area contributed by atoms with Crippen LogP contribution in [0.3, 0.4) is 0 Å². The Labute approximate surface area is 132 Å². The molecule has 0 spiro atoms. The minimum Gasteiger partial charge on any atom is -0.366 e. The van der Waals surface area contributed by atoms with Crippen molar-refractivity contribution in [1.29, 1.82) is 5.26 Å². The van der Waals surface area contributed by atoms with Crippen LogP contribution in [0.2, 0.25) is 0 Å². The lowest BCUT2D eigenvalue weighted by molar-refractivity contribution is -0.137. The van der Waals surface area contributed by atoms with Gasteiger partial charge in [-0.05, 0) is 35.4 Å². The third kappa shape index (κ3) is 3.12. The van der Waals surface area contributed by atoms with Gasteiger partial charge in [-0.3, -0.25) is 4.79 Å². The minimum atomic E-state index is -4.66. The van der Waals surface area contributed by atoms with Crippen molar-refractivity contribution in [2.24, 2.45) is 5.73 Å². The number of carbonyl (C=O) groups excluding carboxylic acids is 1. The summed E-state index contributed by atoms with van der Waals surface area (Å²) < 4.78 is 39.6. The molecule has 7 heteroatoms. The van der Waals surface area contributed by atoms with Crippen molar-refractivity contribution in [2.75, 3.05) is 0 Å². The summed E-state index contributed by atoms with van der Waals surface area (Å²) in [7, 11) is 0. The summed E-state index contributed by atoms with van der Waals surface area (Å²) in [4.78, 5) is 11.5. The first-order valence-corrected chi connectivity index (χ1v) is 6.74. The number of hydrogen-bond acceptors (Lipinski definition) is 2. The van der Waals surface area contributed by atoms with E-state index < -0.39 is 23.2 Å². The Morgan fingerprint density at radius 1 is 1.18 bits per heavy atom. The Hall–Kier alpha value is -2.33. The Morgan fingerprint density at radius 2 is 1.86 bits per heavy atom. The molecule has 0 aliphatic carbocycles. The maximum absolute atomic E-state index is 13.0. The second-order valence-corrected chi connectivity index (χ2v) is 5.34. The monoisotopic (exact) mass is 368 g/mol. The van der Waals surface area contributed by atoms with Gasteiger partial charge in [-0.25, -0.2) is 0 Å². The molecule has 0 unspecified atom stereocenters. The molecule has 0 radical (unpaired) electrons. The first-order chi connectivity index (χ1) is 10.2. The van der Waals surface area contributed by atoms with Crippen molar-refractivity contribution in [3.8, 4) is 17.2 Å². The maximum Gasteiger partial charge on any atom is 0.417 e. The van der Waals surface area contributed by atoms with E-state index in [2.05, 4.69) is 15.9 Å². The number of hydrogen-bond donors (Lipinski definition) is 1. The van der Waals surface area contributed by atoms with E-state index >= 15 is 0 Å². The second-order valence-electron chi connectivity index (χ2n) is 4.42. The van der Waals surface area contributed by atoms with E-state index in [9.17, 15) is 18.0 Å². The molecule has 2 rings (SSSR count). The van der Waals surface area contributed by atoms with Crippen LogP contribution < -0.4 is 5.73 Å². The van der Waals surface area contributed by atoms with Crippen molar-refractivity contribution in [2.45, 2.75) is 6.18 Å². The van der Waals surface area contributed by atoms with Crippen molar-refractivity contribution < 1.29 is 18.0 Å². The van der Waals surface area contributed by atoms with Crippen molar-refractivity contribution in [1.82, 2.24) is 0 Å². The maximum atomic E-state index is 13.0. The predicted molar refractivity (Wildman–Crippen MR) is 77.8 cm³/mol. The van der Waals surface area contributed by atoms with Gasteiger partial charge < -0.3 is 5.73 Å². The van der Waals surface area contributed by atoms with E-state index in [-0.39, 0.29) is 16.7 Å². The Bertz CT molecular complexity index is 794. The van der Waals surface area contributed by atoms with Gasteiger partial charge in [-0.1, -0.05) is 28.1 Å². The summed E-state index contributed by atoms with van der Waals surface area (Å²) >= 11 is 3.18. The molecule has 22 heavy (non-hydrogen) atoms. The third-order valence-electron chi connectivity index (χ3n) is 3.00. The zero-order valence-electron chi connectivity index (χ0n) is 10.9. The van der Waals surface area contributed by atoms with E-state index in [0.717, 1.165) is 12.1 Å². The third-order valence-corrected chi connectivity index (χ3v) is 3.50. The first kappa shape index (κ1) is 16.0. The molecular formula is C15H8BrF3N2O. The van der Waals surface area contributed by atoms with Gasteiger partial charge in [0.25, 0.3) is 0 Å². The van der Waals surface area contributed by atoms with Gasteiger partial charge in [-0.15, -0.1) is 0 Å². The van der Waals surface area contributed by atoms with Gasteiger partial charge in [0.05, 0.1) is 17.2 Å². The fraction of sp³-hybridized carbons (Fsp3) is 0.0667. The Kier molecular flexibility index (Phi) is 4.24. The number of nitrogens with two attached hydrogens (primary N) is 1. The van der Waals surface area contributed by atoms with E-state index in [4.69, 9.17) is 11.0 Å². The average molecular weight is 369 g/mol. The molecule has 0 aliphatic heterocycles. The van der Waals surface area contributed by atoms with Crippen LogP contribution in [0.15, 0.2) is 40.9 Å². The van der Waals surface area contributed by atoms with Crippen LogP contribution in [0.4, 0.5) is 13.2 Å². The number of rotatable bonds is 2. The molecule has 2 N–H and O–H groups in total. The summed E-state index contributed by atoms with van der Waals surface area (Å²) in [6, 6.07) is 9.29. The lowest BCUT2D eigenvalue weighted by atomic mass is 9.95. The zero-order valence-corrected chi connectivity index (χ0v) is 12.5. The van der Waals surface area contributed by atoms with Crippen LogP contribution in [0.1, 0.15) is 21.5 Å². The highest BCUT2D eigenvalue weighted by Gasteiger charge is 2.34. The van der Waals surface area contributed by atoms with E-state index in [0.29, 0.717) is 4.47 Å². The molecular weight excluding hydrogens is 361 g/mol. The second kappa shape index (κ2) is 5.81. The molecule has 1 amide bonds. The first-order valence-electron chi connectivity index (χ1n) is 5.95. The van der Waals surface area contributed by atoms with Gasteiger partial charge in [0.2, 0.25) is 5.91 Å². The molecule has 0 heterocycles. The molecule has 0 bridgehead atoms. The van der Waals surface area contributed by atoms with Crippen LogP contribution in [-0.2, 0) is 6.18 Å². The van der Waals surface area contributed by atoms with Crippen LogP contribution in [0.5, 0.6) is 0 Å². The summed E-state index contributed by atoms with van der Waals surface area (Å²) in [5.41, 5.74) is 4.26. The fourth-order valence-electron chi connectivity index (χ4n) is 2.02. The van der Waals surface area contributed by atoms with Crippen LogP contribution in [0, 0.1) is 11.3 Å². The number of primary amides is 1. The van der Waals surface area contributed by atoms with Crippen LogP contribution in [0.25, 0.3) is 11.1 Å². The number of nitrogens with zero attached hydrogens (tertiary/aromatic N) is 1. The molecule has 0 saturated carbocycles. The molecule has 3 nitrogen and oxygen atoms in total. The van der Waals surface area contributed by atoms with Crippen LogP contribution >= 0.6 is 15.9 Å². The van der Waals surface area contributed by atoms with E-state index in [1.807, 2.05) is 0 Å². The van der Waals surface area contributed by atoms with E-state index in [1.165, 1.54) is 24.3 Å². The van der Waals surface area contributed by atoms with Gasteiger partial charge in [0, 0.05) is 10.0 Å². The Balaban J connectivity index is 2.70. The molecule has 0 fully saturated rings. The van der Waals surface area contributed by atoms with E-state index in [1.54, 1.807) is 6.07 Å². The smallest absolute Gasteiger partial charge is 0.366 e. The lowest BCUT2D eigenvalue weighted by Gasteiger charge is -2.13. The fourth-order valence-corrected chi connectivity index (χ4v) is 2.38. The largest absolute Gasteiger partial charge is 0.417 e.